The van der Waals surface area contributed by atoms with Crippen LogP contribution in [0.25, 0.3) is 0 Å². The summed E-state index contributed by atoms with van der Waals surface area (Å²) in [4.78, 5) is 3.75. The number of aromatic nitrogens is 1. The van der Waals surface area contributed by atoms with Crippen molar-refractivity contribution in [3.05, 3.63) is 23.9 Å². The molecule has 0 fully saturated rings. The minimum atomic E-state index is -3.80. The molecule has 16 heavy (non-hydrogen) atoms. The van der Waals surface area contributed by atoms with Crippen LogP contribution in [0, 0.1) is 11.5 Å². The highest BCUT2D eigenvalue weighted by molar-refractivity contribution is 7.89. The summed E-state index contributed by atoms with van der Waals surface area (Å²) in [6.07, 6.45) is 1.39. The van der Waals surface area contributed by atoms with Crippen molar-refractivity contribution in [3.8, 4) is 11.5 Å². The van der Waals surface area contributed by atoms with E-state index in [0.717, 1.165) is 0 Å². The number of hydrogen-bond donors (Lipinski definition) is 1. The molecule has 0 bridgehead atoms. The van der Waals surface area contributed by atoms with E-state index in [1.54, 1.807) is 12.1 Å². The van der Waals surface area contributed by atoms with Gasteiger partial charge in [-0.25, -0.2) is 18.5 Å². The quantitative estimate of drug-likeness (QED) is 0.599. The molecule has 0 saturated carbocycles. The lowest BCUT2D eigenvalue weighted by atomic mass is 10.3. The summed E-state index contributed by atoms with van der Waals surface area (Å²) < 4.78 is 22.5. The van der Waals surface area contributed by atoms with Crippen LogP contribution in [0.4, 0.5) is 0 Å². The van der Waals surface area contributed by atoms with E-state index in [0.29, 0.717) is 5.56 Å². The Morgan fingerprint density at radius 3 is 2.50 bits per heavy atom. The summed E-state index contributed by atoms with van der Waals surface area (Å²) in [6.45, 7) is 6.23. The molecule has 1 heterocycles. The summed E-state index contributed by atoms with van der Waals surface area (Å²) in [5.41, 5.74) is 3.45. The minimum Gasteiger partial charge on any atom is -0.242 e. The van der Waals surface area contributed by atoms with Crippen LogP contribution in [-0.4, -0.2) is 21.5 Å². The predicted octanol–water partition coefficient (Wildman–Crippen LogP) is 0.958. The standard InChI is InChI=1S/C10H14N2O2SSi/c1-16(2,3)8-6-9-5-4-7-12-10(9)15(11,13)14/h4-5,7H,1-3H3,(H2,11,13,14). The van der Waals surface area contributed by atoms with Crippen molar-refractivity contribution in [2.75, 3.05) is 0 Å². The highest BCUT2D eigenvalue weighted by atomic mass is 32.2. The summed E-state index contributed by atoms with van der Waals surface area (Å²) in [7, 11) is -5.35. The van der Waals surface area contributed by atoms with E-state index in [1.165, 1.54) is 6.20 Å². The summed E-state index contributed by atoms with van der Waals surface area (Å²) in [5.74, 6) is 2.85. The number of nitrogens with two attached hydrogens (primary N) is 1. The van der Waals surface area contributed by atoms with Crippen molar-refractivity contribution in [1.29, 1.82) is 0 Å². The monoisotopic (exact) mass is 254 g/mol. The van der Waals surface area contributed by atoms with Gasteiger partial charge in [0, 0.05) is 6.20 Å². The fourth-order valence-corrected chi connectivity index (χ4v) is 2.11. The fraction of sp³-hybridized carbons (Fsp3) is 0.300. The smallest absolute Gasteiger partial charge is 0.242 e. The number of sulfonamides is 1. The van der Waals surface area contributed by atoms with Gasteiger partial charge < -0.3 is 0 Å². The first-order chi connectivity index (χ1) is 7.20. The Labute approximate surface area is 97.0 Å². The molecular formula is C10H14N2O2SSi. The third-order valence-electron chi connectivity index (χ3n) is 1.61. The van der Waals surface area contributed by atoms with Crippen molar-refractivity contribution >= 4 is 18.1 Å². The molecular weight excluding hydrogens is 240 g/mol. The zero-order valence-corrected chi connectivity index (χ0v) is 11.3. The van der Waals surface area contributed by atoms with E-state index in [-0.39, 0.29) is 5.03 Å². The lowest BCUT2D eigenvalue weighted by Crippen LogP contribution is -2.18. The molecule has 0 radical (unpaired) electrons. The molecule has 86 valence electrons. The van der Waals surface area contributed by atoms with Gasteiger partial charge >= 0.3 is 0 Å². The normalized spacial score (nSPS) is 11.8. The van der Waals surface area contributed by atoms with Crippen LogP contribution in [0.1, 0.15) is 5.56 Å². The average molecular weight is 254 g/mol. The number of nitrogens with zero attached hydrogens (tertiary/aromatic N) is 1. The van der Waals surface area contributed by atoms with Crippen LogP contribution >= 0.6 is 0 Å². The molecule has 0 spiro atoms. The molecule has 1 aromatic rings. The minimum absolute atomic E-state index is 0.152. The molecule has 0 atom stereocenters. The zero-order chi connectivity index (χ0) is 12.4. The number of rotatable bonds is 1. The second-order valence-electron chi connectivity index (χ2n) is 4.40. The molecule has 4 nitrogen and oxygen atoms in total. The van der Waals surface area contributed by atoms with Crippen molar-refractivity contribution < 1.29 is 8.42 Å². The Morgan fingerprint density at radius 1 is 1.38 bits per heavy atom. The van der Waals surface area contributed by atoms with E-state index in [2.05, 4.69) is 36.1 Å². The van der Waals surface area contributed by atoms with Crippen molar-refractivity contribution in [1.82, 2.24) is 4.98 Å². The van der Waals surface area contributed by atoms with Gasteiger partial charge in [-0.05, 0) is 12.1 Å². The molecule has 0 aliphatic heterocycles. The van der Waals surface area contributed by atoms with E-state index in [9.17, 15) is 8.42 Å². The van der Waals surface area contributed by atoms with Gasteiger partial charge in [0.15, 0.2) is 5.03 Å². The van der Waals surface area contributed by atoms with E-state index >= 15 is 0 Å². The number of pyridine rings is 1. The molecule has 0 unspecified atom stereocenters. The van der Waals surface area contributed by atoms with Crippen molar-refractivity contribution in [2.24, 2.45) is 5.14 Å². The molecule has 0 saturated heterocycles. The van der Waals surface area contributed by atoms with Crippen LogP contribution in [0.2, 0.25) is 19.6 Å². The highest BCUT2D eigenvalue weighted by Gasteiger charge is 2.14. The topological polar surface area (TPSA) is 73.0 Å². The molecule has 1 rings (SSSR count). The Bertz CT molecular complexity index is 550. The largest absolute Gasteiger partial charge is 0.256 e. The molecule has 0 aromatic carbocycles. The van der Waals surface area contributed by atoms with Gasteiger partial charge in [-0.1, -0.05) is 25.6 Å². The van der Waals surface area contributed by atoms with Gasteiger partial charge in [0.05, 0.1) is 5.56 Å². The first kappa shape index (κ1) is 12.9. The van der Waals surface area contributed by atoms with Gasteiger partial charge in [0.1, 0.15) is 8.07 Å². The molecule has 0 amide bonds. The summed E-state index contributed by atoms with van der Waals surface area (Å²) in [5, 5.41) is 4.90. The lowest BCUT2D eigenvalue weighted by Gasteiger charge is -2.04. The maximum atomic E-state index is 11.2. The van der Waals surface area contributed by atoms with Gasteiger partial charge in [-0.15, -0.1) is 5.54 Å². The Kier molecular flexibility index (Phi) is 3.53. The maximum absolute atomic E-state index is 11.2. The molecule has 0 aliphatic rings. The van der Waals surface area contributed by atoms with E-state index in [1.807, 2.05) is 0 Å². The van der Waals surface area contributed by atoms with Crippen LogP contribution in [0.3, 0.4) is 0 Å². The molecule has 2 N–H and O–H groups in total. The summed E-state index contributed by atoms with van der Waals surface area (Å²) >= 11 is 0. The van der Waals surface area contributed by atoms with Crippen LogP contribution in [-0.2, 0) is 10.0 Å². The maximum Gasteiger partial charge on any atom is 0.256 e. The second-order valence-corrected chi connectivity index (χ2v) is 10.6. The van der Waals surface area contributed by atoms with Gasteiger partial charge in [-0.2, -0.15) is 0 Å². The number of primary sulfonamides is 1. The Morgan fingerprint density at radius 2 is 2.00 bits per heavy atom. The highest BCUT2D eigenvalue weighted by Crippen LogP contribution is 2.09. The number of hydrogen-bond acceptors (Lipinski definition) is 3. The first-order valence-electron chi connectivity index (χ1n) is 4.71. The molecule has 1 aromatic heterocycles. The molecule has 6 heteroatoms. The SMILES string of the molecule is C[Si](C)(C)C#Cc1cccnc1S(N)(=O)=O. The van der Waals surface area contributed by atoms with Gasteiger partial charge in [0.2, 0.25) is 0 Å². The van der Waals surface area contributed by atoms with E-state index in [4.69, 9.17) is 5.14 Å². The Balaban J connectivity index is 3.30. The van der Waals surface area contributed by atoms with Crippen LogP contribution < -0.4 is 5.14 Å². The first-order valence-corrected chi connectivity index (χ1v) is 9.76. The fourth-order valence-electron chi connectivity index (χ4n) is 0.968. The van der Waals surface area contributed by atoms with Gasteiger partial charge in [0.25, 0.3) is 10.0 Å². The van der Waals surface area contributed by atoms with Crippen molar-refractivity contribution in [3.63, 3.8) is 0 Å². The second kappa shape index (κ2) is 4.37. The third kappa shape index (κ3) is 3.77. The predicted molar refractivity (Wildman–Crippen MR) is 65.8 cm³/mol. The van der Waals surface area contributed by atoms with Gasteiger partial charge in [-0.3, -0.25) is 0 Å². The van der Waals surface area contributed by atoms with Crippen LogP contribution in [0.15, 0.2) is 23.4 Å². The third-order valence-corrected chi connectivity index (χ3v) is 3.35. The lowest BCUT2D eigenvalue weighted by molar-refractivity contribution is 0.594. The molecule has 0 aliphatic carbocycles. The zero-order valence-electron chi connectivity index (χ0n) is 9.48. The average Bonchev–Trinajstić information content (AvgIpc) is 2.12. The van der Waals surface area contributed by atoms with Crippen molar-refractivity contribution in [2.45, 2.75) is 24.7 Å². The summed E-state index contributed by atoms with van der Waals surface area (Å²) in [6, 6.07) is 3.25. The Hall–Kier alpha value is -1.16. The van der Waals surface area contributed by atoms with E-state index < -0.39 is 18.1 Å². The van der Waals surface area contributed by atoms with Crippen LogP contribution in [0.5, 0.6) is 0 Å².